The number of ether oxygens (including phenoxy) is 1. The molecule has 0 spiro atoms. The maximum absolute atomic E-state index is 5.28. The van der Waals surface area contributed by atoms with E-state index in [1.54, 1.807) is 7.11 Å². The van der Waals surface area contributed by atoms with E-state index in [2.05, 4.69) is 62.2 Å². The molecule has 3 rings (SSSR count). The van der Waals surface area contributed by atoms with Gasteiger partial charge in [0, 0.05) is 9.30 Å². The number of methoxy groups -OCH3 is 1. The Bertz CT molecular complexity index is 639. The van der Waals surface area contributed by atoms with Gasteiger partial charge in [-0.25, -0.2) is 0 Å². The van der Waals surface area contributed by atoms with Crippen LogP contribution in [0.15, 0.2) is 46.9 Å². The predicted octanol–water partition coefficient (Wildman–Crippen LogP) is 5.70. The second-order valence-electron chi connectivity index (χ2n) is 5.56. The second kappa shape index (κ2) is 6.53. The average Bonchev–Trinajstić information content (AvgIpc) is 2.53. The zero-order valence-corrected chi connectivity index (χ0v) is 15.2. The van der Waals surface area contributed by atoms with E-state index in [1.807, 2.05) is 12.1 Å². The highest BCUT2D eigenvalue weighted by atomic mass is 79.9. The Kier molecular flexibility index (Phi) is 4.70. The lowest BCUT2D eigenvalue weighted by atomic mass is 9.81. The lowest BCUT2D eigenvalue weighted by molar-refractivity contribution is 0.413. The summed E-state index contributed by atoms with van der Waals surface area (Å²) in [6.07, 6.45) is 3.55. The largest absolute Gasteiger partial charge is 0.497 e. The van der Waals surface area contributed by atoms with Crippen molar-refractivity contribution >= 4 is 31.9 Å². The minimum atomic E-state index is 0.367. The summed E-state index contributed by atoms with van der Waals surface area (Å²) >= 11 is 7.60. The van der Waals surface area contributed by atoms with Gasteiger partial charge < -0.3 is 4.74 Å². The van der Waals surface area contributed by atoms with Gasteiger partial charge in [0.15, 0.2) is 0 Å². The van der Waals surface area contributed by atoms with Crippen molar-refractivity contribution in [1.82, 2.24) is 0 Å². The molecule has 2 atom stereocenters. The molecule has 0 N–H and O–H groups in total. The smallest absolute Gasteiger partial charge is 0.120 e. The first-order chi connectivity index (χ1) is 10.2. The summed E-state index contributed by atoms with van der Waals surface area (Å²) in [5, 5.41) is 0. The Morgan fingerprint density at radius 1 is 1.14 bits per heavy atom. The maximum Gasteiger partial charge on any atom is 0.120 e. The van der Waals surface area contributed by atoms with E-state index in [0.29, 0.717) is 10.7 Å². The number of halogens is 2. The van der Waals surface area contributed by atoms with E-state index in [9.17, 15) is 0 Å². The zero-order valence-electron chi connectivity index (χ0n) is 12.0. The Balaban J connectivity index is 1.82. The highest BCUT2D eigenvalue weighted by molar-refractivity contribution is 9.11. The first-order valence-corrected chi connectivity index (χ1v) is 8.94. The highest BCUT2D eigenvalue weighted by Gasteiger charge is 2.26. The van der Waals surface area contributed by atoms with Crippen molar-refractivity contribution in [2.75, 3.05) is 7.11 Å². The topological polar surface area (TPSA) is 9.23 Å². The summed E-state index contributed by atoms with van der Waals surface area (Å²) in [5.74, 6) is 1.52. The molecule has 0 saturated heterocycles. The first-order valence-electron chi connectivity index (χ1n) is 7.23. The minimum Gasteiger partial charge on any atom is -0.497 e. The van der Waals surface area contributed by atoms with E-state index in [4.69, 9.17) is 4.74 Å². The molecule has 110 valence electrons. The van der Waals surface area contributed by atoms with Crippen LogP contribution in [0.2, 0.25) is 0 Å². The van der Waals surface area contributed by atoms with Crippen molar-refractivity contribution < 1.29 is 4.74 Å². The standard InChI is InChI=1S/C18H18Br2O/c1-21-15-8-9-16(17(19)11-15)18(20)14-7-6-12-4-2-3-5-13(12)10-14/h2-5,8-9,11,14,18H,6-7,10H2,1H3. The van der Waals surface area contributed by atoms with Gasteiger partial charge >= 0.3 is 0 Å². The number of hydrogen-bond donors (Lipinski definition) is 0. The molecule has 1 aliphatic carbocycles. The van der Waals surface area contributed by atoms with E-state index < -0.39 is 0 Å². The number of benzene rings is 2. The molecule has 0 amide bonds. The van der Waals surface area contributed by atoms with Gasteiger partial charge in [-0.3, -0.25) is 0 Å². The molecular weight excluding hydrogens is 392 g/mol. The van der Waals surface area contributed by atoms with E-state index >= 15 is 0 Å². The Labute approximate surface area is 143 Å². The first kappa shape index (κ1) is 15.1. The lowest BCUT2D eigenvalue weighted by Crippen LogP contribution is -2.18. The molecule has 0 radical (unpaired) electrons. The zero-order chi connectivity index (χ0) is 14.8. The monoisotopic (exact) mass is 408 g/mol. The fraction of sp³-hybridized carbons (Fsp3) is 0.333. The summed E-state index contributed by atoms with van der Waals surface area (Å²) in [7, 11) is 1.70. The van der Waals surface area contributed by atoms with Crippen LogP contribution in [0, 0.1) is 5.92 Å². The summed E-state index contributed by atoms with van der Waals surface area (Å²) < 4.78 is 6.39. The molecule has 1 nitrogen and oxygen atoms in total. The molecule has 2 aromatic carbocycles. The minimum absolute atomic E-state index is 0.367. The molecular formula is C18H18Br2O. The third-order valence-electron chi connectivity index (χ3n) is 4.30. The molecule has 0 saturated carbocycles. The predicted molar refractivity (Wildman–Crippen MR) is 94.3 cm³/mol. The van der Waals surface area contributed by atoms with E-state index in [0.717, 1.165) is 16.6 Å². The van der Waals surface area contributed by atoms with Crippen LogP contribution in [0.4, 0.5) is 0 Å². The molecule has 21 heavy (non-hydrogen) atoms. The van der Waals surface area contributed by atoms with Crippen molar-refractivity contribution in [3.05, 3.63) is 63.6 Å². The van der Waals surface area contributed by atoms with Crippen LogP contribution in [-0.2, 0) is 12.8 Å². The van der Waals surface area contributed by atoms with Crippen LogP contribution in [0.25, 0.3) is 0 Å². The Morgan fingerprint density at radius 3 is 2.62 bits per heavy atom. The molecule has 3 heteroatoms. The molecule has 1 aliphatic rings. The highest BCUT2D eigenvalue weighted by Crippen LogP contribution is 2.42. The summed E-state index contributed by atoms with van der Waals surface area (Å²) in [6.45, 7) is 0. The molecule has 0 fully saturated rings. The van der Waals surface area contributed by atoms with Gasteiger partial charge in [-0.2, -0.15) is 0 Å². The van der Waals surface area contributed by atoms with E-state index in [-0.39, 0.29) is 0 Å². The van der Waals surface area contributed by atoms with Crippen LogP contribution in [0.5, 0.6) is 5.75 Å². The van der Waals surface area contributed by atoms with Crippen molar-refractivity contribution in [2.45, 2.75) is 24.1 Å². The van der Waals surface area contributed by atoms with Crippen molar-refractivity contribution in [3.63, 3.8) is 0 Å². The van der Waals surface area contributed by atoms with E-state index in [1.165, 1.54) is 29.5 Å². The maximum atomic E-state index is 5.28. The van der Waals surface area contributed by atoms with Crippen molar-refractivity contribution in [2.24, 2.45) is 5.92 Å². The van der Waals surface area contributed by atoms with Crippen LogP contribution in [0.1, 0.15) is 27.9 Å². The molecule has 0 bridgehead atoms. The van der Waals surface area contributed by atoms with Gasteiger partial charge in [0.2, 0.25) is 0 Å². The summed E-state index contributed by atoms with van der Waals surface area (Å²) in [6, 6.07) is 15.1. The number of aryl methyl sites for hydroxylation is 1. The quantitative estimate of drug-likeness (QED) is 0.591. The third kappa shape index (κ3) is 3.19. The lowest BCUT2D eigenvalue weighted by Gasteiger charge is -2.29. The van der Waals surface area contributed by atoms with Crippen LogP contribution < -0.4 is 4.74 Å². The van der Waals surface area contributed by atoms with Gasteiger partial charge in [-0.05, 0) is 54.0 Å². The Hall–Kier alpha value is -0.800. The fourth-order valence-electron chi connectivity index (χ4n) is 3.09. The van der Waals surface area contributed by atoms with Gasteiger partial charge in [-0.15, -0.1) is 0 Å². The molecule has 2 aromatic rings. The van der Waals surface area contributed by atoms with Gasteiger partial charge in [0.1, 0.15) is 5.75 Å². The molecule has 2 unspecified atom stereocenters. The molecule has 0 aromatic heterocycles. The van der Waals surface area contributed by atoms with Crippen molar-refractivity contribution in [1.29, 1.82) is 0 Å². The molecule has 0 heterocycles. The summed E-state index contributed by atoms with van der Waals surface area (Å²) in [4.78, 5) is 0.367. The number of alkyl halides is 1. The SMILES string of the molecule is COc1ccc(C(Br)C2CCc3ccccc3C2)c(Br)c1. The molecule has 0 aliphatic heterocycles. The van der Waals surface area contributed by atoms with Crippen LogP contribution >= 0.6 is 31.9 Å². The van der Waals surface area contributed by atoms with Gasteiger partial charge in [0.25, 0.3) is 0 Å². The number of rotatable bonds is 3. The van der Waals surface area contributed by atoms with Crippen LogP contribution in [0.3, 0.4) is 0 Å². The summed E-state index contributed by atoms with van der Waals surface area (Å²) in [5.41, 5.74) is 4.32. The van der Waals surface area contributed by atoms with Crippen molar-refractivity contribution in [3.8, 4) is 5.75 Å². The van der Waals surface area contributed by atoms with Gasteiger partial charge in [-0.1, -0.05) is 62.2 Å². The Morgan fingerprint density at radius 2 is 1.90 bits per heavy atom. The fourth-order valence-corrected chi connectivity index (χ4v) is 4.85. The third-order valence-corrected chi connectivity index (χ3v) is 6.23. The van der Waals surface area contributed by atoms with Crippen LogP contribution in [-0.4, -0.2) is 7.11 Å². The van der Waals surface area contributed by atoms with Gasteiger partial charge in [0.05, 0.1) is 7.11 Å². The second-order valence-corrected chi connectivity index (χ2v) is 7.40. The number of hydrogen-bond acceptors (Lipinski definition) is 1. The normalized spacial score (nSPS) is 18.9. The number of fused-ring (bicyclic) bond motifs is 1. The average molecular weight is 410 g/mol.